The number of nitrogens with one attached hydrogen (secondary N) is 1. The van der Waals surface area contributed by atoms with E-state index in [9.17, 15) is 0 Å². The van der Waals surface area contributed by atoms with Crippen molar-refractivity contribution in [3.05, 3.63) is 0 Å². The van der Waals surface area contributed by atoms with Crippen molar-refractivity contribution < 1.29 is 14.2 Å². The molecule has 0 rings (SSSR count). The largest absolute Gasteiger partial charge is 0.331 e. The Bertz CT molecular complexity index is 287. The van der Waals surface area contributed by atoms with E-state index in [0.29, 0.717) is 0 Å². The molecule has 0 aromatic heterocycles. The molecule has 0 spiro atoms. The highest BCUT2D eigenvalue weighted by Gasteiger charge is 2.28. The summed E-state index contributed by atoms with van der Waals surface area (Å²) in [5.74, 6) is -0.844. The van der Waals surface area contributed by atoms with Crippen LogP contribution in [0.4, 0.5) is 0 Å². The molecule has 0 saturated heterocycles. The number of unbranched alkanes of at least 4 members (excludes halogenated alkanes) is 14. The molecular formula is C24H51NO3. The van der Waals surface area contributed by atoms with Crippen molar-refractivity contribution in [2.45, 2.75) is 122 Å². The summed E-state index contributed by atoms with van der Waals surface area (Å²) >= 11 is 0. The van der Waals surface area contributed by atoms with Gasteiger partial charge in [-0.3, -0.25) is 0 Å². The summed E-state index contributed by atoms with van der Waals surface area (Å²) in [7, 11) is 4.91. The monoisotopic (exact) mass is 401 g/mol. The predicted molar refractivity (Wildman–Crippen MR) is 121 cm³/mol. The Morgan fingerprint density at radius 2 is 0.857 bits per heavy atom. The van der Waals surface area contributed by atoms with Crippen LogP contribution < -0.4 is 5.32 Å². The van der Waals surface area contributed by atoms with Gasteiger partial charge in [0, 0.05) is 27.8 Å². The fourth-order valence-corrected chi connectivity index (χ4v) is 3.72. The van der Waals surface area contributed by atoms with E-state index in [1.165, 1.54) is 109 Å². The van der Waals surface area contributed by atoms with Crippen LogP contribution in [0.2, 0.25) is 0 Å². The molecular weight excluding hydrogens is 350 g/mol. The van der Waals surface area contributed by atoms with E-state index >= 15 is 0 Å². The topological polar surface area (TPSA) is 39.7 Å². The van der Waals surface area contributed by atoms with Crippen LogP contribution in [0.1, 0.15) is 116 Å². The molecule has 0 heterocycles. The third-order valence-electron chi connectivity index (χ3n) is 5.73. The molecule has 1 N–H and O–H groups in total. The second-order valence-corrected chi connectivity index (χ2v) is 8.10. The Kier molecular flexibility index (Phi) is 21.4. The molecule has 0 amide bonds. The molecule has 0 aliphatic carbocycles. The van der Waals surface area contributed by atoms with Gasteiger partial charge in [0.05, 0.1) is 0 Å². The molecule has 0 radical (unpaired) electrons. The number of methoxy groups -OCH3 is 3. The maximum atomic E-state index is 5.32. The van der Waals surface area contributed by atoms with Gasteiger partial charge >= 0.3 is 0 Å². The van der Waals surface area contributed by atoms with Gasteiger partial charge in [0.2, 0.25) is 0 Å². The highest BCUT2D eigenvalue weighted by atomic mass is 16.9. The summed E-state index contributed by atoms with van der Waals surface area (Å²) in [4.78, 5) is 0. The van der Waals surface area contributed by atoms with Crippen molar-refractivity contribution in [3.63, 3.8) is 0 Å². The van der Waals surface area contributed by atoms with Gasteiger partial charge in [-0.15, -0.1) is 0 Å². The number of ether oxygens (including phenoxy) is 3. The minimum Gasteiger partial charge on any atom is -0.331 e. The third kappa shape index (κ3) is 16.8. The quantitative estimate of drug-likeness (QED) is 0.151. The number of hydrogen-bond acceptors (Lipinski definition) is 4. The van der Waals surface area contributed by atoms with Gasteiger partial charge < -0.3 is 19.5 Å². The maximum Gasteiger partial charge on any atom is 0.282 e. The minimum atomic E-state index is -0.844. The van der Waals surface area contributed by atoms with Crippen LogP contribution in [-0.2, 0) is 14.2 Å². The van der Waals surface area contributed by atoms with E-state index < -0.39 is 5.97 Å². The zero-order valence-electron chi connectivity index (χ0n) is 19.7. The molecule has 0 aliphatic rings. The molecule has 170 valence electrons. The van der Waals surface area contributed by atoms with Crippen LogP contribution in [0, 0.1) is 0 Å². The second-order valence-electron chi connectivity index (χ2n) is 8.10. The van der Waals surface area contributed by atoms with E-state index in [0.717, 1.165) is 12.8 Å². The zero-order valence-corrected chi connectivity index (χ0v) is 19.7. The molecule has 0 aromatic carbocycles. The van der Waals surface area contributed by atoms with Crippen LogP contribution in [0.5, 0.6) is 0 Å². The Balaban J connectivity index is 3.18. The average molecular weight is 402 g/mol. The van der Waals surface area contributed by atoms with Crippen molar-refractivity contribution in [3.8, 4) is 0 Å². The molecule has 4 heteroatoms. The first-order valence-corrected chi connectivity index (χ1v) is 12.1. The summed E-state index contributed by atoms with van der Waals surface area (Å²) in [5, 5.41) is 3.60. The average Bonchev–Trinajstić information content (AvgIpc) is 2.73. The first kappa shape index (κ1) is 27.8. The first-order chi connectivity index (χ1) is 13.7. The lowest BCUT2D eigenvalue weighted by atomic mass is 10.1. The van der Waals surface area contributed by atoms with Crippen molar-refractivity contribution in [1.29, 1.82) is 0 Å². The summed E-state index contributed by atoms with van der Waals surface area (Å²) in [6.45, 7) is 4.70. The van der Waals surface area contributed by atoms with Crippen molar-refractivity contribution >= 4 is 0 Å². The van der Waals surface area contributed by atoms with Crippen LogP contribution in [0.15, 0.2) is 0 Å². The Hall–Kier alpha value is -0.160. The lowest BCUT2D eigenvalue weighted by molar-refractivity contribution is -0.355. The summed E-state index contributed by atoms with van der Waals surface area (Å²) in [6, 6.07) is 0. The highest BCUT2D eigenvalue weighted by molar-refractivity contribution is 4.57. The molecule has 0 aliphatic heterocycles. The van der Waals surface area contributed by atoms with Gasteiger partial charge in [-0.25, -0.2) is 0 Å². The van der Waals surface area contributed by atoms with Crippen molar-refractivity contribution in [2.24, 2.45) is 0 Å². The van der Waals surface area contributed by atoms with Crippen LogP contribution >= 0.6 is 0 Å². The summed E-state index contributed by atoms with van der Waals surface area (Å²) < 4.78 is 16.0. The molecule has 0 aromatic rings. The lowest BCUT2D eigenvalue weighted by Gasteiger charge is -2.28. The van der Waals surface area contributed by atoms with Gasteiger partial charge in [0.15, 0.2) is 0 Å². The highest BCUT2D eigenvalue weighted by Crippen LogP contribution is 2.21. The van der Waals surface area contributed by atoms with Crippen LogP contribution in [0.25, 0.3) is 0 Å². The number of hydrogen-bond donors (Lipinski definition) is 1. The Morgan fingerprint density at radius 3 is 1.25 bits per heavy atom. The minimum absolute atomic E-state index is 0.795. The molecule has 4 nitrogen and oxygen atoms in total. The van der Waals surface area contributed by atoms with Gasteiger partial charge in [0.1, 0.15) is 0 Å². The van der Waals surface area contributed by atoms with E-state index in [1.54, 1.807) is 21.3 Å². The van der Waals surface area contributed by atoms with Gasteiger partial charge in [-0.05, 0) is 32.4 Å². The summed E-state index contributed by atoms with van der Waals surface area (Å²) in [6.07, 6.45) is 22.4. The molecule has 28 heavy (non-hydrogen) atoms. The maximum absolute atomic E-state index is 5.32. The SMILES string of the molecule is CCCCCCCCNCCCCCCCCCCCCC(OC)(OC)OC. The molecule has 0 unspecified atom stereocenters. The van der Waals surface area contributed by atoms with Crippen molar-refractivity contribution in [2.75, 3.05) is 34.4 Å². The van der Waals surface area contributed by atoms with Gasteiger partial charge in [0.25, 0.3) is 5.97 Å². The van der Waals surface area contributed by atoms with Crippen LogP contribution in [0.3, 0.4) is 0 Å². The van der Waals surface area contributed by atoms with Crippen LogP contribution in [-0.4, -0.2) is 40.4 Å². The number of rotatable bonds is 23. The lowest BCUT2D eigenvalue weighted by Crippen LogP contribution is -2.35. The Labute approximate surface area is 176 Å². The molecule has 0 saturated carbocycles. The fraction of sp³-hybridized carbons (Fsp3) is 1.00. The van der Waals surface area contributed by atoms with E-state index in [-0.39, 0.29) is 0 Å². The van der Waals surface area contributed by atoms with E-state index in [4.69, 9.17) is 14.2 Å². The Morgan fingerprint density at radius 1 is 0.500 bits per heavy atom. The molecule has 0 fully saturated rings. The van der Waals surface area contributed by atoms with E-state index in [1.807, 2.05) is 0 Å². The molecule has 0 atom stereocenters. The second kappa shape index (κ2) is 21.5. The van der Waals surface area contributed by atoms with Gasteiger partial charge in [-0.1, -0.05) is 90.4 Å². The van der Waals surface area contributed by atoms with E-state index in [2.05, 4.69) is 12.2 Å². The fourth-order valence-electron chi connectivity index (χ4n) is 3.72. The summed E-state index contributed by atoms with van der Waals surface area (Å²) in [5.41, 5.74) is 0. The zero-order chi connectivity index (χ0) is 20.8. The van der Waals surface area contributed by atoms with Gasteiger partial charge in [-0.2, -0.15) is 0 Å². The normalized spacial score (nSPS) is 12.0. The smallest absolute Gasteiger partial charge is 0.282 e. The molecule has 0 bridgehead atoms. The first-order valence-electron chi connectivity index (χ1n) is 12.1. The predicted octanol–water partition coefficient (Wildman–Crippen LogP) is 6.82. The standard InChI is InChI=1S/C24H51NO3/c1-5-6-7-8-16-19-22-25-23-20-17-14-12-10-9-11-13-15-18-21-24(26-2,27-3)28-4/h25H,5-23H2,1-4H3. The third-order valence-corrected chi connectivity index (χ3v) is 5.73. The van der Waals surface area contributed by atoms with Crippen molar-refractivity contribution in [1.82, 2.24) is 5.32 Å².